The predicted octanol–water partition coefficient (Wildman–Crippen LogP) is 1.48. The van der Waals surface area contributed by atoms with Crippen LogP contribution >= 0.6 is 0 Å². The van der Waals surface area contributed by atoms with E-state index in [4.69, 9.17) is 0 Å². The van der Waals surface area contributed by atoms with Crippen molar-refractivity contribution < 1.29 is 4.79 Å². The van der Waals surface area contributed by atoms with Crippen LogP contribution in [-0.4, -0.2) is 68.1 Å². The lowest BCUT2D eigenvalue weighted by Gasteiger charge is -2.48. The second-order valence-corrected chi connectivity index (χ2v) is 7.76. The molecule has 0 aliphatic carbocycles. The summed E-state index contributed by atoms with van der Waals surface area (Å²) in [6, 6.07) is 0.326. The second-order valence-electron chi connectivity index (χ2n) is 7.76. The van der Waals surface area contributed by atoms with Gasteiger partial charge in [0.2, 0.25) is 5.91 Å². The first-order valence-electron chi connectivity index (χ1n) is 9.24. The molecule has 0 N–H and O–H groups in total. The number of carbonyl (C=O) groups excluding carboxylic acids is 1. The molecular weight excluding hydrogens is 304 g/mol. The Labute approximate surface area is 144 Å². The van der Waals surface area contributed by atoms with Crippen molar-refractivity contribution in [3.05, 3.63) is 5.82 Å². The minimum atomic E-state index is 0.326. The third-order valence-corrected chi connectivity index (χ3v) is 5.79. The van der Waals surface area contributed by atoms with Gasteiger partial charge in [0.1, 0.15) is 5.82 Å². The molecule has 1 aromatic rings. The van der Waals surface area contributed by atoms with Crippen molar-refractivity contribution in [2.24, 2.45) is 5.41 Å². The largest absolute Gasteiger partial charge is 0.340 e. The topological polar surface area (TPSA) is 67.2 Å². The zero-order valence-corrected chi connectivity index (χ0v) is 15.2. The Balaban J connectivity index is 1.45. The summed E-state index contributed by atoms with van der Waals surface area (Å²) in [5.74, 6) is 1.23. The van der Waals surface area contributed by atoms with Crippen molar-refractivity contribution >= 4 is 5.91 Å². The van der Waals surface area contributed by atoms with E-state index in [1.54, 1.807) is 0 Å². The highest BCUT2D eigenvalue weighted by atomic mass is 16.2. The summed E-state index contributed by atoms with van der Waals surface area (Å²) in [7, 11) is 0. The lowest BCUT2D eigenvalue weighted by Crippen LogP contribution is -2.53. The molecular formula is C17H30N6O. The molecule has 2 fully saturated rings. The third kappa shape index (κ3) is 3.77. The predicted molar refractivity (Wildman–Crippen MR) is 91.4 cm³/mol. The fraction of sp³-hybridized carbons (Fsp3) is 0.882. The number of hydrogen-bond acceptors (Lipinski definition) is 5. The lowest BCUT2D eigenvalue weighted by molar-refractivity contribution is -0.141. The molecule has 1 aromatic heterocycles. The maximum atomic E-state index is 12.1. The highest BCUT2D eigenvalue weighted by Gasteiger charge is 2.41. The van der Waals surface area contributed by atoms with Crippen molar-refractivity contribution in [2.75, 3.05) is 26.2 Å². The molecule has 0 atom stereocenters. The summed E-state index contributed by atoms with van der Waals surface area (Å²) in [4.78, 5) is 16.8. The lowest BCUT2D eigenvalue weighted by atomic mass is 9.72. The van der Waals surface area contributed by atoms with E-state index in [9.17, 15) is 4.79 Å². The molecule has 0 radical (unpaired) electrons. The van der Waals surface area contributed by atoms with E-state index in [2.05, 4.69) is 39.2 Å². The van der Waals surface area contributed by atoms with E-state index < -0.39 is 0 Å². The van der Waals surface area contributed by atoms with Crippen LogP contribution in [0.25, 0.3) is 0 Å². The Morgan fingerprint density at radius 1 is 1.17 bits per heavy atom. The zero-order chi connectivity index (χ0) is 17.2. The monoisotopic (exact) mass is 334 g/mol. The zero-order valence-electron chi connectivity index (χ0n) is 15.2. The first-order valence-corrected chi connectivity index (χ1v) is 9.24. The summed E-state index contributed by atoms with van der Waals surface area (Å²) in [5, 5.41) is 11.6. The van der Waals surface area contributed by atoms with Gasteiger partial charge in [-0.05, 0) is 81.9 Å². The average Bonchev–Trinajstić information content (AvgIpc) is 2.97. The molecule has 0 unspecified atom stereocenters. The van der Waals surface area contributed by atoms with E-state index in [0.717, 1.165) is 57.8 Å². The highest BCUT2D eigenvalue weighted by molar-refractivity contribution is 5.77. The van der Waals surface area contributed by atoms with Gasteiger partial charge in [-0.2, -0.15) is 0 Å². The number of aryl methyl sites for hydroxylation is 2. The fourth-order valence-corrected chi connectivity index (χ4v) is 4.07. The number of likely N-dealkylation sites (tertiary alicyclic amines) is 2. The Morgan fingerprint density at radius 2 is 1.92 bits per heavy atom. The van der Waals surface area contributed by atoms with Gasteiger partial charge in [0.15, 0.2) is 0 Å². The Morgan fingerprint density at radius 3 is 2.54 bits per heavy atom. The van der Waals surface area contributed by atoms with Crippen LogP contribution in [0.1, 0.15) is 51.8 Å². The normalized spacial score (nSPS) is 21.8. The maximum Gasteiger partial charge on any atom is 0.222 e. The van der Waals surface area contributed by atoms with Gasteiger partial charge in [0, 0.05) is 25.6 Å². The smallest absolute Gasteiger partial charge is 0.222 e. The number of amides is 1. The summed E-state index contributed by atoms with van der Waals surface area (Å²) in [6.45, 7) is 11.4. The van der Waals surface area contributed by atoms with Crippen molar-refractivity contribution in [1.82, 2.24) is 30.0 Å². The Bertz CT molecular complexity index is 561. The molecule has 7 nitrogen and oxygen atoms in total. The van der Waals surface area contributed by atoms with Crippen LogP contribution in [0.3, 0.4) is 0 Å². The summed E-state index contributed by atoms with van der Waals surface area (Å²) in [6.07, 6.45) is 5.32. The van der Waals surface area contributed by atoms with Gasteiger partial charge < -0.3 is 9.80 Å². The van der Waals surface area contributed by atoms with Crippen LogP contribution in [0.15, 0.2) is 0 Å². The first kappa shape index (κ1) is 17.3. The van der Waals surface area contributed by atoms with Gasteiger partial charge >= 0.3 is 0 Å². The molecule has 3 rings (SSSR count). The minimum absolute atomic E-state index is 0.326. The highest BCUT2D eigenvalue weighted by Crippen LogP contribution is 2.40. The molecule has 2 saturated heterocycles. The van der Waals surface area contributed by atoms with E-state index in [-0.39, 0.29) is 0 Å². The standard InChI is InChI=1S/C17H30N6O/c1-14(2)22-13-17(6-5-16(22)24)7-11-21(12-8-17)9-4-10-23-15(3)18-19-20-23/h14H,4-13H2,1-3H3. The number of nitrogens with zero attached hydrogens (tertiary/aromatic N) is 6. The fourth-order valence-electron chi connectivity index (χ4n) is 4.07. The molecule has 1 amide bonds. The van der Waals surface area contributed by atoms with Gasteiger partial charge in [-0.1, -0.05) is 0 Å². The van der Waals surface area contributed by atoms with E-state index in [1.165, 1.54) is 12.8 Å². The van der Waals surface area contributed by atoms with Crippen LogP contribution in [-0.2, 0) is 11.3 Å². The van der Waals surface area contributed by atoms with Crippen LogP contribution in [0.4, 0.5) is 0 Å². The molecule has 0 bridgehead atoms. The van der Waals surface area contributed by atoms with Crippen molar-refractivity contribution in [1.29, 1.82) is 0 Å². The van der Waals surface area contributed by atoms with Gasteiger partial charge in [-0.25, -0.2) is 4.68 Å². The quantitative estimate of drug-likeness (QED) is 0.816. The molecule has 7 heteroatoms. The van der Waals surface area contributed by atoms with Crippen LogP contribution in [0.5, 0.6) is 0 Å². The van der Waals surface area contributed by atoms with Gasteiger partial charge in [0.25, 0.3) is 0 Å². The number of hydrogen-bond donors (Lipinski definition) is 0. The first-order chi connectivity index (χ1) is 11.5. The third-order valence-electron chi connectivity index (χ3n) is 5.79. The number of rotatable bonds is 5. The van der Waals surface area contributed by atoms with E-state index >= 15 is 0 Å². The van der Waals surface area contributed by atoms with Crippen LogP contribution < -0.4 is 0 Å². The number of tetrazole rings is 1. The van der Waals surface area contributed by atoms with Crippen molar-refractivity contribution in [2.45, 2.75) is 65.5 Å². The molecule has 24 heavy (non-hydrogen) atoms. The van der Waals surface area contributed by atoms with Gasteiger partial charge in [-0.3, -0.25) is 4.79 Å². The van der Waals surface area contributed by atoms with Crippen LogP contribution in [0, 0.1) is 12.3 Å². The molecule has 3 heterocycles. The average molecular weight is 334 g/mol. The Kier molecular flexibility index (Phi) is 5.18. The van der Waals surface area contributed by atoms with E-state index in [1.807, 2.05) is 11.6 Å². The second kappa shape index (κ2) is 7.17. The summed E-state index contributed by atoms with van der Waals surface area (Å²) < 4.78 is 1.87. The molecule has 2 aliphatic heterocycles. The molecule has 2 aliphatic rings. The SMILES string of the molecule is Cc1nnnn1CCCN1CCC2(CCC(=O)N(C(C)C)C2)CC1. The van der Waals surface area contributed by atoms with Gasteiger partial charge in [0.05, 0.1) is 0 Å². The maximum absolute atomic E-state index is 12.1. The number of carbonyl (C=O) groups is 1. The Hall–Kier alpha value is -1.50. The number of piperidine rings is 2. The molecule has 1 spiro atoms. The van der Waals surface area contributed by atoms with E-state index in [0.29, 0.717) is 17.4 Å². The van der Waals surface area contributed by atoms with Crippen LogP contribution in [0.2, 0.25) is 0 Å². The molecule has 0 saturated carbocycles. The molecule has 0 aromatic carbocycles. The number of aromatic nitrogens is 4. The summed E-state index contributed by atoms with van der Waals surface area (Å²) in [5.41, 5.74) is 0.362. The van der Waals surface area contributed by atoms with Crippen molar-refractivity contribution in [3.63, 3.8) is 0 Å². The van der Waals surface area contributed by atoms with Crippen molar-refractivity contribution in [3.8, 4) is 0 Å². The molecule has 134 valence electrons. The van der Waals surface area contributed by atoms with Gasteiger partial charge in [-0.15, -0.1) is 5.10 Å². The minimum Gasteiger partial charge on any atom is -0.340 e. The summed E-state index contributed by atoms with van der Waals surface area (Å²) >= 11 is 0.